The maximum Gasteiger partial charge on any atom is 0.105 e. The van der Waals surface area contributed by atoms with Gasteiger partial charge < -0.3 is 18.1 Å². The second-order valence-electron chi connectivity index (χ2n) is 23.8. The molecule has 6 heterocycles. The minimum absolute atomic E-state index is 0. The van der Waals surface area contributed by atoms with Crippen LogP contribution in [0.4, 0.5) is 0 Å². The molecule has 1 aliphatic rings. The summed E-state index contributed by atoms with van der Waals surface area (Å²) in [6, 6.07) is 76.1. The molecule has 5 aromatic heterocycles. The van der Waals surface area contributed by atoms with Crippen LogP contribution in [-0.2, 0) is 741 Å². The molecule has 13 aromatic rings. The van der Waals surface area contributed by atoms with Crippen LogP contribution in [0, 0.1) is 120 Å². The predicted octanol–water partition coefficient (Wildman–Crippen LogP) is 32.6. The van der Waals surface area contributed by atoms with Crippen molar-refractivity contribution in [3.63, 3.8) is 0 Å². The van der Waals surface area contributed by atoms with Gasteiger partial charge in [0.25, 0.3) is 0 Å². The van der Waals surface area contributed by atoms with Gasteiger partial charge in [-0.2, -0.15) is 84.9 Å². The number of hydrogen-bond donors (Lipinski definition) is 0. The molecule has 132 heavy (non-hydrogen) atoms. The summed E-state index contributed by atoms with van der Waals surface area (Å²) in [7, 11) is 6.29. The molecule has 29 heteroatoms. The molecule has 0 aliphatic carbocycles. The summed E-state index contributed by atoms with van der Waals surface area (Å²) in [5.74, 6) is 3.64. The molecule has 0 N–H and O–H groups in total. The van der Waals surface area contributed by atoms with Crippen molar-refractivity contribution in [1.29, 1.82) is 0 Å². The third kappa shape index (κ3) is 88.1. The quantitative estimate of drug-likeness (QED) is 0.162. The van der Waals surface area contributed by atoms with Crippen LogP contribution in [0.25, 0.3) is 65.9 Å². The van der Waals surface area contributed by atoms with Crippen molar-refractivity contribution in [2.75, 3.05) is 0 Å². The Morgan fingerprint density at radius 2 is 0.591 bits per heavy atom. The van der Waals surface area contributed by atoms with Crippen LogP contribution in [-0.4, -0.2) is 24.4 Å². The molecule has 1 aliphatic heterocycles. The molecule has 6 nitrogen and oxygen atoms in total. The Labute approximate surface area is 1370 Å². The van der Waals surface area contributed by atoms with E-state index < -0.39 is 0 Å². The predicted molar refractivity (Wildman–Crippen MR) is 502 cm³/mol. The Morgan fingerprint density at radius 1 is 0.288 bits per heavy atom. The van der Waals surface area contributed by atoms with Crippen molar-refractivity contribution >= 4 is 60.7 Å². The summed E-state index contributed by atoms with van der Waals surface area (Å²) >= 11 is 1.84. The average Bonchev–Trinajstić information content (AvgIpc) is 1.62. The largest absolute Gasteiger partial charge is 0.467 e. The number of thiophene rings is 1. The number of benzene rings is 8. The molecular weight excluding hydrogens is 3310 g/mol. The minimum atomic E-state index is 0. The van der Waals surface area contributed by atoms with E-state index in [1.165, 1.54) is 109 Å². The van der Waals surface area contributed by atoms with Crippen molar-refractivity contribution in [3.05, 3.63) is 289 Å². The zero-order valence-electron chi connectivity index (χ0n) is 89.7. The number of aromatic nitrogens is 4. The first kappa shape index (κ1) is 214. The Hall–Kier alpha value is 15.2. The van der Waals surface area contributed by atoms with Gasteiger partial charge in [-0.3, -0.25) is 4.99 Å². The van der Waals surface area contributed by atoms with Crippen LogP contribution < -0.4 is 0 Å². The van der Waals surface area contributed by atoms with Crippen LogP contribution in [0.5, 0.6) is 0 Å². The van der Waals surface area contributed by atoms with Crippen molar-refractivity contribution in [2.24, 2.45) is 32.1 Å². The van der Waals surface area contributed by atoms with Gasteiger partial charge in [0, 0.05) is 817 Å². The summed E-state index contributed by atoms with van der Waals surface area (Å²) in [5, 5.41) is 5.39. The van der Waals surface area contributed by atoms with Crippen LogP contribution >= 0.6 is 11.3 Å². The zero-order chi connectivity index (χ0) is 85.3. The van der Waals surface area contributed by atoms with Gasteiger partial charge in [-0.05, 0) is 149 Å². The maximum atomic E-state index is 5.08. The molecule has 0 saturated carbocycles. The smallest absolute Gasteiger partial charge is 0.105 e. The van der Waals surface area contributed by atoms with E-state index in [9.17, 15) is 0 Å². The number of para-hydroxylation sites is 2. The number of hydrogen-bond acceptors (Lipinski definition) is 4. The first-order valence-corrected chi connectivity index (χ1v) is 41.8. The van der Waals surface area contributed by atoms with Crippen molar-refractivity contribution in [3.8, 4) is 22.3 Å². The van der Waals surface area contributed by atoms with E-state index in [2.05, 4.69) is 298 Å². The second kappa shape index (κ2) is 139. The maximum absolute atomic E-state index is 5.08. The molecule has 670 valence electrons. The molecule has 0 spiro atoms. The van der Waals surface area contributed by atoms with Gasteiger partial charge in [-0.1, -0.05) is 233 Å². The summed E-state index contributed by atoms with van der Waals surface area (Å²) in [5.41, 5.74) is 23.6. The zero-order valence-corrected chi connectivity index (χ0v) is 153. The van der Waals surface area contributed by atoms with E-state index in [1.54, 1.807) is 0 Å². The van der Waals surface area contributed by atoms with Gasteiger partial charge in [0.05, 0.1) is 5.69 Å². The standard InChI is InChI=1S/2C14H13N.2C14H12.C8H13N.C7H12N2.C6H8O.C6H8S.10C2H6.22Y/c1-10-7-8-14-12(9-10)11-5-3-4-6-13(11)15(14)2;1-10-7-8-12-11-5-3-4-6-13(11)15(2)14(12)9-10;1-11-3-7-13(8-4-11)14-9-5-12(2)6-10-14;1-11-5-3-7-13(9-11)14-8-4-6-12(2)10-14;1-5-6(2)8(4)9-7(5)3;1-5-6(2)9(4)7(3)8-5;2*1-5-3-4-6(2)7-5;10*1-2;;;;;;;;;;;;;;;;;;;;;;/h2*3-9H,1-2H3;3-7,9H,1-2H3;3-6,9-10H,1-2H3;5H,1-4H3;1-4H3;2*3-4H,1-2H3;10*1-2H3;;;;;;;;;;;;;;;;;;;;;;/q;;2*-2;;;;;;;;;;;;;;;;;;;;;;;;;;;;;;;;;;;;. The number of aryl methyl sites for hydroxylation is 14. The van der Waals surface area contributed by atoms with Crippen molar-refractivity contribution < 1.29 is 724 Å². The molecule has 1 atom stereocenters. The second-order valence-corrected chi connectivity index (χ2v) is 25.2. The number of nitrogens with zero attached hydrogens (tertiary/aromatic N) is 5. The molecule has 1 unspecified atom stereocenters. The van der Waals surface area contributed by atoms with Gasteiger partial charge in [-0.25, -0.2) is 27.2 Å². The van der Waals surface area contributed by atoms with Crippen molar-refractivity contribution in [2.45, 2.75) is 256 Å². The monoisotopic (exact) mass is 3460 g/mol. The van der Waals surface area contributed by atoms with Gasteiger partial charge >= 0.3 is 0 Å². The Kier molecular flexibility index (Phi) is 225. The van der Waals surface area contributed by atoms with E-state index in [-0.39, 0.29) is 720 Å². The Morgan fingerprint density at radius 3 is 0.848 bits per heavy atom. The summed E-state index contributed by atoms with van der Waals surface area (Å²) in [6.07, 6.45) is 0. The van der Waals surface area contributed by atoms with E-state index in [4.69, 9.17) is 4.42 Å². The molecular formula is C103H151N5OSY22-4. The third-order valence-corrected chi connectivity index (χ3v) is 17.3. The average molecular weight is 3460 g/mol. The van der Waals surface area contributed by atoms with Crippen LogP contribution in [0.15, 0.2) is 203 Å². The Balaban J connectivity index is -0.0000000389. The van der Waals surface area contributed by atoms with Gasteiger partial charge in [-0.15, -0.1) is 45.7 Å². The molecule has 8 aromatic carbocycles. The number of furan rings is 1. The summed E-state index contributed by atoms with van der Waals surface area (Å²) in [4.78, 5) is 11.4. The molecule has 0 bridgehead atoms. The Bertz CT molecular complexity index is 4430. The minimum Gasteiger partial charge on any atom is -0.467 e. The summed E-state index contributed by atoms with van der Waals surface area (Å²) in [6.45, 7) is 75.3. The van der Waals surface area contributed by atoms with Gasteiger partial charge in [0.2, 0.25) is 0 Å². The van der Waals surface area contributed by atoms with E-state index in [0.717, 1.165) is 45.3 Å². The first-order chi connectivity index (χ1) is 52.9. The number of fused-ring (bicyclic) bond motifs is 6. The van der Waals surface area contributed by atoms with E-state index in [1.807, 2.05) is 221 Å². The number of imidazole rings is 1. The van der Waals surface area contributed by atoms with E-state index >= 15 is 0 Å². The molecule has 14 rings (SSSR count). The summed E-state index contributed by atoms with van der Waals surface area (Å²) < 4.78 is 11.7. The number of rotatable bonds is 2. The molecule has 0 amide bonds. The fourth-order valence-electron chi connectivity index (χ4n) is 10.4. The normalized spacial score (nSPS) is 8.73. The van der Waals surface area contributed by atoms with Gasteiger partial charge in [0.15, 0.2) is 0 Å². The molecule has 0 saturated heterocycles. The van der Waals surface area contributed by atoms with Crippen molar-refractivity contribution in [1.82, 2.24) is 18.7 Å². The van der Waals surface area contributed by atoms with E-state index in [0.29, 0.717) is 5.92 Å². The molecule has 0 fully saturated rings. The van der Waals surface area contributed by atoms with Crippen LogP contribution in [0.3, 0.4) is 0 Å². The van der Waals surface area contributed by atoms with Gasteiger partial charge in [0.1, 0.15) is 17.3 Å². The molecule has 22 radical (unpaired) electrons. The fourth-order valence-corrected chi connectivity index (χ4v) is 11.2. The number of allylic oxidation sites excluding steroid dienone is 2. The van der Waals surface area contributed by atoms with Crippen LogP contribution in [0.1, 0.15) is 238 Å². The SMILES string of the molecule is CC.CC.CC.CC.CC.CC.CC.CC.CC.CC.CC1=NC(C)=C(C)C1C.Cc1c[c-]c(-c2[c-]cc(C)cc2)cc1.Cc1cc[c-]c(-c2[c-]ccc(C)c2)c1.Cc1ccc(C)o1.Cc1ccc(C)s1.Cc1ccc2c(c1)c1ccccc1n2C.Cc1ccc2c3ccccc3n(C)c2c1.Cc1nc(C)n(C)c1C.[Y].[Y].[Y].[Y].[Y].[Y].[Y].[Y].[Y].[Y].[Y].[Y].[Y].[Y].[Y].[Y].[Y].[Y].[Y].[Y].[Y].[Y]. The third-order valence-electron chi connectivity index (χ3n) is 16.4. The topological polar surface area (TPSA) is 53.2 Å². The van der Waals surface area contributed by atoms with Crippen LogP contribution in [0.2, 0.25) is 0 Å². The fraction of sp³-hybridized carbons (Fsp3) is 0.398. The first-order valence-electron chi connectivity index (χ1n) is 41.0. The number of aliphatic imine (C=N–C) groups is 1.